The molecule has 0 aliphatic carbocycles. The Balaban J connectivity index is 2.17. The fourth-order valence-electron chi connectivity index (χ4n) is 2.59. The topological polar surface area (TPSA) is 32.7 Å². The molecule has 1 fully saturated rings. The molecule has 2 rings (SSSR count). The molecule has 100 valence electrons. The SMILES string of the molecule is Cc1ccc(C(C)N2CCOC(C)(C)C2)c(O)c1. The third-order valence-electron chi connectivity index (χ3n) is 3.64. The summed E-state index contributed by atoms with van der Waals surface area (Å²) in [4.78, 5) is 2.37. The summed E-state index contributed by atoms with van der Waals surface area (Å²) in [6, 6.07) is 6.13. The molecule has 0 amide bonds. The molecule has 0 radical (unpaired) electrons. The molecule has 0 spiro atoms. The number of aromatic hydroxyl groups is 1. The third kappa shape index (κ3) is 2.85. The largest absolute Gasteiger partial charge is 0.508 e. The first kappa shape index (κ1) is 13.4. The molecule has 1 unspecified atom stereocenters. The van der Waals surface area contributed by atoms with Crippen LogP contribution in [-0.4, -0.2) is 35.3 Å². The maximum Gasteiger partial charge on any atom is 0.120 e. The molecule has 3 heteroatoms. The monoisotopic (exact) mass is 249 g/mol. The normalized spacial score (nSPS) is 21.8. The highest BCUT2D eigenvalue weighted by molar-refractivity contribution is 5.37. The summed E-state index contributed by atoms with van der Waals surface area (Å²) in [6.45, 7) is 10.9. The minimum Gasteiger partial charge on any atom is -0.508 e. The van der Waals surface area contributed by atoms with Crippen LogP contribution in [0.15, 0.2) is 18.2 Å². The number of hydrogen-bond donors (Lipinski definition) is 1. The van der Waals surface area contributed by atoms with E-state index in [4.69, 9.17) is 4.74 Å². The Labute approximate surface area is 109 Å². The molecule has 0 aromatic heterocycles. The number of phenolic OH excluding ortho intramolecular Hbond substituents is 1. The highest BCUT2D eigenvalue weighted by Gasteiger charge is 2.30. The van der Waals surface area contributed by atoms with Crippen molar-refractivity contribution in [1.82, 2.24) is 4.90 Å². The Morgan fingerprint density at radius 2 is 2.11 bits per heavy atom. The average molecular weight is 249 g/mol. The highest BCUT2D eigenvalue weighted by atomic mass is 16.5. The minimum absolute atomic E-state index is 0.104. The van der Waals surface area contributed by atoms with Gasteiger partial charge in [0, 0.05) is 24.7 Å². The van der Waals surface area contributed by atoms with E-state index in [1.807, 2.05) is 19.1 Å². The first-order chi connectivity index (χ1) is 8.39. The second-order valence-electron chi connectivity index (χ2n) is 5.82. The molecule has 1 aliphatic rings. The summed E-state index contributed by atoms with van der Waals surface area (Å²) in [5, 5.41) is 10.1. The van der Waals surface area contributed by atoms with Gasteiger partial charge in [0.1, 0.15) is 5.75 Å². The predicted molar refractivity (Wildman–Crippen MR) is 72.9 cm³/mol. The number of aryl methyl sites for hydroxylation is 1. The number of ether oxygens (including phenoxy) is 1. The van der Waals surface area contributed by atoms with Gasteiger partial charge in [-0.3, -0.25) is 4.90 Å². The van der Waals surface area contributed by atoms with Gasteiger partial charge in [0.15, 0.2) is 0 Å². The molecule has 18 heavy (non-hydrogen) atoms. The number of morpholine rings is 1. The van der Waals surface area contributed by atoms with Gasteiger partial charge in [0.2, 0.25) is 0 Å². The Morgan fingerprint density at radius 3 is 2.72 bits per heavy atom. The number of phenols is 1. The fraction of sp³-hybridized carbons (Fsp3) is 0.600. The number of rotatable bonds is 2. The van der Waals surface area contributed by atoms with Crippen LogP contribution in [0.3, 0.4) is 0 Å². The van der Waals surface area contributed by atoms with E-state index in [9.17, 15) is 5.11 Å². The van der Waals surface area contributed by atoms with E-state index in [1.54, 1.807) is 0 Å². The van der Waals surface area contributed by atoms with Gasteiger partial charge in [-0.25, -0.2) is 0 Å². The molecule has 1 atom stereocenters. The van der Waals surface area contributed by atoms with Crippen LogP contribution in [0.4, 0.5) is 0 Å². The van der Waals surface area contributed by atoms with E-state index < -0.39 is 0 Å². The van der Waals surface area contributed by atoms with Crippen LogP contribution in [0.1, 0.15) is 37.9 Å². The van der Waals surface area contributed by atoms with Crippen LogP contribution in [0.25, 0.3) is 0 Å². The molecular formula is C15H23NO2. The first-order valence-electron chi connectivity index (χ1n) is 6.56. The Morgan fingerprint density at radius 1 is 1.39 bits per heavy atom. The maximum absolute atomic E-state index is 10.1. The van der Waals surface area contributed by atoms with Crippen LogP contribution >= 0.6 is 0 Å². The number of hydrogen-bond acceptors (Lipinski definition) is 3. The summed E-state index contributed by atoms with van der Waals surface area (Å²) >= 11 is 0. The summed E-state index contributed by atoms with van der Waals surface area (Å²) in [7, 11) is 0. The molecule has 1 heterocycles. The van der Waals surface area contributed by atoms with E-state index in [0.717, 1.165) is 30.8 Å². The summed E-state index contributed by atoms with van der Waals surface area (Å²) in [5.74, 6) is 0.395. The predicted octanol–water partition coefficient (Wildman–Crippen LogP) is 2.87. The van der Waals surface area contributed by atoms with Gasteiger partial charge in [-0.2, -0.15) is 0 Å². The van der Waals surface area contributed by atoms with Crippen molar-refractivity contribution in [3.05, 3.63) is 29.3 Å². The van der Waals surface area contributed by atoms with E-state index in [-0.39, 0.29) is 11.6 Å². The van der Waals surface area contributed by atoms with E-state index in [0.29, 0.717) is 5.75 Å². The second-order valence-corrected chi connectivity index (χ2v) is 5.82. The van der Waals surface area contributed by atoms with Crippen LogP contribution in [-0.2, 0) is 4.74 Å². The van der Waals surface area contributed by atoms with Crippen molar-refractivity contribution < 1.29 is 9.84 Å². The first-order valence-corrected chi connectivity index (χ1v) is 6.56. The number of benzene rings is 1. The molecule has 0 bridgehead atoms. The maximum atomic E-state index is 10.1. The van der Waals surface area contributed by atoms with E-state index >= 15 is 0 Å². The van der Waals surface area contributed by atoms with Crippen LogP contribution in [0.5, 0.6) is 5.75 Å². The molecule has 3 nitrogen and oxygen atoms in total. The lowest BCUT2D eigenvalue weighted by Crippen LogP contribution is -2.48. The Bertz CT molecular complexity index is 429. The quantitative estimate of drug-likeness (QED) is 0.874. The standard InChI is InChI=1S/C15H23NO2/c1-11-5-6-13(14(17)9-11)12(2)16-7-8-18-15(3,4)10-16/h5-6,9,12,17H,7-8,10H2,1-4H3. The van der Waals surface area contributed by atoms with Crippen molar-refractivity contribution in [3.63, 3.8) is 0 Å². The summed E-state index contributed by atoms with van der Waals surface area (Å²) in [6.07, 6.45) is 0. The van der Waals surface area contributed by atoms with Gasteiger partial charge >= 0.3 is 0 Å². The van der Waals surface area contributed by atoms with Crippen molar-refractivity contribution in [3.8, 4) is 5.75 Å². The van der Waals surface area contributed by atoms with Crippen molar-refractivity contribution in [2.24, 2.45) is 0 Å². The van der Waals surface area contributed by atoms with E-state index in [2.05, 4.69) is 31.7 Å². The summed E-state index contributed by atoms with van der Waals surface area (Å²) in [5.41, 5.74) is 1.98. The zero-order valence-electron chi connectivity index (χ0n) is 11.7. The van der Waals surface area contributed by atoms with Gasteiger partial charge in [-0.1, -0.05) is 12.1 Å². The van der Waals surface area contributed by atoms with E-state index in [1.165, 1.54) is 0 Å². The lowest BCUT2D eigenvalue weighted by molar-refractivity contribution is -0.0960. The molecule has 1 aromatic carbocycles. The molecule has 0 saturated carbocycles. The molecule has 1 aliphatic heterocycles. The highest BCUT2D eigenvalue weighted by Crippen LogP contribution is 2.31. The molecule has 1 aromatic rings. The second kappa shape index (κ2) is 4.90. The van der Waals surface area contributed by atoms with Gasteiger partial charge in [0.05, 0.1) is 12.2 Å². The lowest BCUT2D eigenvalue weighted by Gasteiger charge is -2.41. The Hall–Kier alpha value is -1.06. The van der Waals surface area contributed by atoms with Crippen LogP contribution < -0.4 is 0 Å². The Kier molecular flexibility index (Phi) is 3.64. The fourth-order valence-corrected chi connectivity index (χ4v) is 2.59. The zero-order chi connectivity index (χ0) is 13.3. The smallest absolute Gasteiger partial charge is 0.120 e. The lowest BCUT2D eigenvalue weighted by atomic mass is 10.0. The van der Waals surface area contributed by atoms with Crippen LogP contribution in [0.2, 0.25) is 0 Å². The van der Waals surface area contributed by atoms with Crippen molar-refractivity contribution >= 4 is 0 Å². The van der Waals surface area contributed by atoms with Crippen molar-refractivity contribution in [2.75, 3.05) is 19.7 Å². The third-order valence-corrected chi connectivity index (χ3v) is 3.64. The molecular weight excluding hydrogens is 226 g/mol. The average Bonchev–Trinajstić information content (AvgIpc) is 2.27. The zero-order valence-corrected chi connectivity index (χ0v) is 11.7. The van der Waals surface area contributed by atoms with Gasteiger partial charge in [-0.15, -0.1) is 0 Å². The van der Waals surface area contributed by atoms with Crippen molar-refractivity contribution in [1.29, 1.82) is 0 Å². The minimum atomic E-state index is -0.104. The molecule has 1 N–H and O–H groups in total. The number of nitrogens with zero attached hydrogens (tertiary/aromatic N) is 1. The van der Waals surface area contributed by atoms with Gasteiger partial charge in [0.25, 0.3) is 0 Å². The van der Waals surface area contributed by atoms with Gasteiger partial charge < -0.3 is 9.84 Å². The van der Waals surface area contributed by atoms with Crippen LogP contribution in [0, 0.1) is 6.92 Å². The van der Waals surface area contributed by atoms with Gasteiger partial charge in [-0.05, 0) is 39.3 Å². The molecule has 1 saturated heterocycles. The van der Waals surface area contributed by atoms with Crippen molar-refractivity contribution in [2.45, 2.75) is 39.3 Å². The summed E-state index contributed by atoms with van der Waals surface area (Å²) < 4.78 is 5.73.